The van der Waals surface area contributed by atoms with Gasteiger partial charge in [-0.3, -0.25) is 9.59 Å². The molecule has 1 amide bonds. The molecule has 0 saturated heterocycles. The fourth-order valence-corrected chi connectivity index (χ4v) is 2.10. The first-order valence-corrected chi connectivity index (χ1v) is 5.99. The van der Waals surface area contributed by atoms with Crippen molar-refractivity contribution in [3.05, 3.63) is 21.9 Å². The summed E-state index contributed by atoms with van der Waals surface area (Å²) in [5.41, 5.74) is 0. The molecule has 0 spiro atoms. The van der Waals surface area contributed by atoms with Crippen LogP contribution in [0.2, 0.25) is 0 Å². The molecular weight excluding hydrogens is 226 g/mol. The van der Waals surface area contributed by atoms with Crippen molar-refractivity contribution < 1.29 is 14.7 Å². The van der Waals surface area contributed by atoms with E-state index in [4.69, 9.17) is 5.11 Å². The molecule has 0 fully saturated rings. The number of amides is 1. The SMILES string of the molecule is CCc1ccc(CNC(=O)CCC(=O)O)s1. The lowest BCUT2D eigenvalue weighted by atomic mass is 10.3. The van der Waals surface area contributed by atoms with Crippen molar-refractivity contribution in [2.24, 2.45) is 0 Å². The maximum atomic E-state index is 11.2. The molecular formula is C11H15NO3S. The third-order valence-corrected chi connectivity index (χ3v) is 3.32. The first-order chi connectivity index (χ1) is 7.61. The van der Waals surface area contributed by atoms with E-state index in [0.29, 0.717) is 6.54 Å². The first-order valence-electron chi connectivity index (χ1n) is 5.18. The lowest BCUT2D eigenvalue weighted by Crippen LogP contribution is -2.22. The van der Waals surface area contributed by atoms with Crippen LogP contribution in [0.15, 0.2) is 12.1 Å². The molecule has 1 aromatic heterocycles. The summed E-state index contributed by atoms with van der Waals surface area (Å²) in [5.74, 6) is -1.16. The first kappa shape index (κ1) is 12.7. The number of hydrogen-bond acceptors (Lipinski definition) is 3. The van der Waals surface area contributed by atoms with Crippen LogP contribution in [0.25, 0.3) is 0 Å². The van der Waals surface area contributed by atoms with E-state index in [-0.39, 0.29) is 18.7 Å². The van der Waals surface area contributed by atoms with Gasteiger partial charge in [-0.25, -0.2) is 0 Å². The van der Waals surface area contributed by atoms with Crippen LogP contribution in [0.4, 0.5) is 0 Å². The van der Waals surface area contributed by atoms with E-state index in [1.165, 1.54) is 4.88 Å². The minimum Gasteiger partial charge on any atom is -0.481 e. The zero-order valence-electron chi connectivity index (χ0n) is 9.16. The second-order valence-corrected chi connectivity index (χ2v) is 4.64. The van der Waals surface area contributed by atoms with Gasteiger partial charge in [0.25, 0.3) is 0 Å². The summed E-state index contributed by atoms with van der Waals surface area (Å²) in [6, 6.07) is 4.03. The second-order valence-electron chi connectivity index (χ2n) is 3.39. The number of nitrogens with one attached hydrogen (secondary N) is 1. The van der Waals surface area contributed by atoms with Gasteiger partial charge in [0.15, 0.2) is 0 Å². The van der Waals surface area contributed by atoms with Gasteiger partial charge in [0.2, 0.25) is 5.91 Å². The number of carbonyl (C=O) groups is 2. The predicted octanol–water partition coefficient (Wildman–Crippen LogP) is 1.79. The van der Waals surface area contributed by atoms with Crippen LogP contribution in [0.5, 0.6) is 0 Å². The van der Waals surface area contributed by atoms with E-state index < -0.39 is 5.97 Å². The lowest BCUT2D eigenvalue weighted by molar-refractivity contribution is -0.138. The highest BCUT2D eigenvalue weighted by Gasteiger charge is 2.05. The average molecular weight is 241 g/mol. The highest BCUT2D eigenvalue weighted by molar-refractivity contribution is 7.11. The van der Waals surface area contributed by atoms with Gasteiger partial charge < -0.3 is 10.4 Å². The summed E-state index contributed by atoms with van der Waals surface area (Å²) in [4.78, 5) is 23.9. The quantitative estimate of drug-likeness (QED) is 0.798. The van der Waals surface area contributed by atoms with Gasteiger partial charge >= 0.3 is 5.97 Å². The van der Waals surface area contributed by atoms with Crippen LogP contribution >= 0.6 is 11.3 Å². The van der Waals surface area contributed by atoms with E-state index in [0.717, 1.165) is 11.3 Å². The number of thiophene rings is 1. The molecule has 0 bridgehead atoms. The molecule has 5 heteroatoms. The van der Waals surface area contributed by atoms with E-state index >= 15 is 0 Å². The van der Waals surface area contributed by atoms with Gasteiger partial charge in [-0.15, -0.1) is 11.3 Å². The molecule has 0 unspecified atom stereocenters. The van der Waals surface area contributed by atoms with E-state index in [1.54, 1.807) is 11.3 Å². The molecule has 1 aromatic rings. The Balaban J connectivity index is 2.28. The van der Waals surface area contributed by atoms with Gasteiger partial charge in [0, 0.05) is 16.2 Å². The lowest BCUT2D eigenvalue weighted by Gasteiger charge is -2.01. The van der Waals surface area contributed by atoms with Crippen molar-refractivity contribution >= 4 is 23.2 Å². The Labute approximate surface area is 98.3 Å². The van der Waals surface area contributed by atoms with Crippen LogP contribution in [-0.4, -0.2) is 17.0 Å². The van der Waals surface area contributed by atoms with E-state index in [9.17, 15) is 9.59 Å². The number of aliphatic carboxylic acids is 1. The molecule has 0 radical (unpaired) electrons. The van der Waals surface area contributed by atoms with Crippen LogP contribution in [0, 0.1) is 0 Å². The van der Waals surface area contributed by atoms with E-state index in [1.807, 2.05) is 12.1 Å². The Kier molecular flexibility index (Phi) is 4.98. The number of rotatable bonds is 6. The van der Waals surface area contributed by atoms with Crippen LogP contribution < -0.4 is 5.32 Å². The standard InChI is InChI=1S/C11H15NO3S/c1-2-8-3-4-9(16-8)7-12-10(13)5-6-11(14)15/h3-4H,2,5-7H2,1H3,(H,12,13)(H,14,15). The molecule has 0 aliphatic carbocycles. The van der Waals surface area contributed by atoms with Gasteiger partial charge in [0.05, 0.1) is 13.0 Å². The third-order valence-electron chi connectivity index (χ3n) is 2.09. The number of hydrogen-bond donors (Lipinski definition) is 2. The van der Waals surface area contributed by atoms with Gasteiger partial charge in [-0.05, 0) is 18.6 Å². The molecule has 1 heterocycles. The largest absolute Gasteiger partial charge is 0.481 e. The smallest absolute Gasteiger partial charge is 0.303 e. The van der Waals surface area contributed by atoms with Crippen molar-refractivity contribution in [3.63, 3.8) is 0 Å². The van der Waals surface area contributed by atoms with Crippen LogP contribution in [0.3, 0.4) is 0 Å². The topological polar surface area (TPSA) is 66.4 Å². The molecule has 4 nitrogen and oxygen atoms in total. The highest BCUT2D eigenvalue weighted by atomic mass is 32.1. The predicted molar refractivity (Wildman–Crippen MR) is 62.4 cm³/mol. The maximum Gasteiger partial charge on any atom is 0.303 e. The molecule has 0 aliphatic heterocycles. The molecule has 88 valence electrons. The monoisotopic (exact) mass is 241 g/mol. The fraction of sp³-hybridized carbons (Fsp3) is 0.455. The summed E-state index contributed by atoms with van der Waals surface area (Å²) in [6.07, 6.45) is 0.926. The molecule has 16 heavy (non-hydrogen) atoms. The Bertz CT molecular complexity index is 373. The summed E-state index contributed by atoms with van der Waals surface area (Å²) in [7, 11) is 0. The Morgan fingerprint density at radius 2 is 2.00 bits per heavy atom. The van der Waals surface area contributed by atoms with Crippen molar-refractivity contribution in [2.75, 3.05) is 0 Å². The molecule has 0 aliphatic rings. The zero-order chi connectivity index (χ0) is 12.0. The molecule has 1 rings (SSSR count). The maximum absolute atomic E-state index is 11.2. The summed E-state index contributed by atoms with van der Waals surface area (Å²) in [6.45, 7) is 2.57. The number of carbonyl (C=O) groups excluding carboxylic acids is 1. The normalized spacial score (nSPS) is 10.1. The van der Waals surface area contributed by atoms with Gasteiger partial charge in [-0.1, -0.05) is 6.92 Å². The van der Waals surface area contributed by atoms with Gasteiger partial charge in [0.1, 0.15) is 0 Å². The van der Waals surface area contributed by atoms with E-state index in [2.05, 4.69) is 12.2 Å². The number of aryl methyl sites for hydroxylation is 1. The fourth-order valence-electron chi connectivity index (χ4n) is 1.20. The Hall–Kier alpha value is -1.36. The Morgan fingerprint density at radius 1 is 1.31 bits per heavy atom. The van der Waals surface area contributed by atoms with Gasteiger partial charge in [-0.2, -0.15) is 0 Å². The summed E-state index contributed by atoms with van der Waals surface area (Å²) >= 11 is 1.67. The average Bonchev–Trinajstić information content (AvgIpc) is 2.71. The Morgan fingerprint density at radius 3 is 2.56 bits per heavy atom. The van der Waals surface area contributed by atoms with Crippen molar-refractivity contribution in [3.8, 4) is 0 Å². The van der Waals surface area contributed by atoms with Crippen molar-refractivity contribution in [2.45, 2.75) is 32.7 Å². The van der Waals surface area contributed by atoms with Crippen LogP contribution in [0.1, 0.15) is 29.5 Å². The third kappa shape index (κ3) is 4.44. The number of carboxylic acids is 1. The molecule has 0 atom stereocenters. The van der Waals surface area contributed by atoms with Crippen molar-refractivity contribution in [1.29, 1.82) is 0 Å². The highest BCUT2D eigenvalue weighted by Crippen LogP contribution is 2.16. The minimum atomic E-state index is -0.945. The van der Waals surface area contributed by atoms with Crippen molar-refractivity contribution in [1.82, 2.24) is 5.32 Å². The second kappa shape index (κ2) is 6.27. The van der Waals surface area contributed by atoms with Crippen LogP contribution in [-0.2, 0) is 22.6 Å². The minimum absolute atomic E-state index is 0.0430. The zero-order valence-corrected chi connectivity index (χ0v) is 9.97. The summed E-state index contributed by atoms with van der Waals surface area (Å²) in [5, 5.41) is 11.1. The summed E-state index contributed by atoms with van der Waals surface area (Å²) < 4.78 is 0. The number of carboxylic acid groups (broad SMARTS) is 1. The molecule has 2 N–H and O–H groups in total. The molecule has 0 aromatic carbocycles. The molecule has 0 saturated carbocycles.